The lowest BCUT2D eigenvalue weighted by Crippen LogP contribution is -2.09. The van der Waals surface area contributed by atoms with Gasteiger partial charge in [-0.3, -0.25) is 0 Å². The van der Waals surface area contributed by atoms with Crippen molar-refractivity contribution in [1.29, 1.82) is 0 Å². The molecule has 0 aliphatic carbocycles. The SMILES string of the molecule is CCOS(C)(C)CCCOCC1CO1. The summed E-state index contributed by atoms with van der Waals surface area (Å²) in [4.78, 5) is 0. The van der Waals surface area contributed by atoms with E-state index in [0.29, 0.717) is 6.10 Å². The van der Waals surface area contributed by atoms with Gasteiger partial charge in [0.2, 0.25) is 0 Å². The van der Waals surface area contributed by atoms with Crippen molar-refractivity contribution in [3.63, 3.8) is 0 Å². The van der Waals surface area contributed by atoms with Crippen LogP contribution in [0.2, 0.25) is 0 Å². The van der Waals surface area contributed by atoms with Crippen molar-refractivity contribution >= 4 is 10.3 Å². The summed E-state index contributed by atoms with van der Waals surface area (Å²) in [5.41, 5.74) is 0. The molecule has 3 nitrogen and oxygen atoms in total. The Labute approximate surface area is 88.6 Å². The number of ether oxygens (including phenoxy) is 2. The van der Waals surface area contributed by atoms with E-state index in [2.05, 4.69) is 19.4 Å². The van der Waals surface area contributed by atoms with Crippen molar-refractivity contribution in [2.75, 3.05) is 44.7 Å². The minimum atomic E-state index is -0.828. The van der Waals surface area contributed by atoms with Crippen molar-refractivity contribution in [3.05, 3.63) is 0 Å². The van der Waals surface area contributed by atoms with E-state index in [4.69, 9.17) is 13.7 Å². The molecule has 1 saturated heterocycles. The zero-order chi connectivity index (χ0) is 10.4. The molecule has 0 bridgehead atoms. The highest BCUT2D eigenvalue weighted by Gasteiger charge is 2.22. The van der Waals surface area contributed by atoms with E-state index >= 15 is 0 Å². The molecule has 0 aromatic heterocycles. The van der Waals surface area contributed by atoms with Gasteiger partial charge in [-0.15, -0.1) is 10.3 Å². The average molecular weight is 222 g/mol. The van der Waals surface area contributed by atoms with Gasteiger partial charge >= 0.3 is 0 Å². The van der Waals surface area contributed by atoms with Gasteiger partial charge in [-0.25, -0.2) is 0 Å². The summed E-state index contributed by atoms with van der Waals surface area (Å²) in [6.45, 7) is 5.36. The third-order valence-corrected chi connectivity index (χ3v) is 4.21. The fraction of sp³-hybridized carbons (Fsp3) is 1.00. The lowest BCUT2D eigenvalue weighted by atomic mass is 10.5. The molecule has 0 aromatic rings. The maximum absolute atomic E-state index is 5.67. The molecule has 0 N–H and O–H groups in total. The van der Waals surface area contributed by atoms with Crippen LogP contribution in [0.25, 0.3) is 0 Å². The fourth-order valence-electron chi connectivity index (χ4n) is 1.27. The maximum atomic E-state index is 5.67. The Hall–Kier alpha value is 0.230. The number of hydrogen-bond donors (Lipinski definition) is 0. The van der Waals surface area contributed by atoms with Crippen molar-refractivity contribution in [2.24, 2.45) is 0 Å². The van der Waals surface area contributed by atoms with E-state index < -0.39 is 10.3 Å². The van der Waals surface area contributed by atoms with Crippen molar-refractivity contribution < 1.29 is 13.7 Å². The lowest BCUT2D eigenvalue weighted by Gasteiger charge is -2.30. The molecule has 86 valence electrons. The predicted octanol–water partition coefficient (Wildman–Crippen LogP) is 1.81. The van der Waals surface area contributed by atoms with E-state index in [0.717, 1.165) is 38.6 Å². The molecule has 0 aromatic carbocycles. The molecule has 14 heavy (non-hydrogen) atoms. The number of rotatable bonds is 8. The predicted molar refractivity (Wildman–Crippen MR) is 61.1 cm³/mol. The molecule has 1 heterocycles. The highest BCUT2D eigenvalue weighted by molar-refractivity contribution is 8.28. The molecule has 4 heteroatoms. The summed E-state index contributed by atoms with van der Waals surface area (Å²) in [5, 5.41) is 0. The first-order valence-corrected chi connectivity index (χ1v) is 7.73. The van der Waals surface area contributed by atoms with Gasteiger partial charge in [-0.1, -0.05) is 0 Å². The second kappa shape index (κ2) is 5.95. The molecule has 1 aliphatic rings. The molecule has 1 fully saturated rings. The zero-order valence-corrected chi connectivity index (χ0v) is 10.3. The Morgan fingerprint density at radius 1 is 1.43 bits per heavy atom. The van der Waals surface area contributed by atoms with Gasteiger partial charge in [-0.2, -0.15) is 0 Å². The van der Waals surface area contributed by atoms with Crippen LogP contribution in [0, 0.1) is 0 Å². The van der Waals surface area contributed by atoms with Gasteiger partial charge in [0.1, 0.15) is 6.10 Å². The summed E-state index contributed by atoms with van der Waals surface area (Å²) in [6.07, 6.45) is 5.90. The molecule has 0 amide bonds. The Morgan fingerprint density at radius 3 is 2.71 bits per heavy atom. The first-order valence-electron chi connectivity index (χ1n) is 5.19. The highest BCUT2D eigenvalue weighted by Crippen LogP contribution is 2.41. The highest BCUT2D eigenvalue weighted by atomic mass is 32.3. The minimum Gasteiger partial charge on any atom is -0.379 e. The van der Waals surface area contributed by atoms with Crippen LogP contribution < -0.4 is 0 Å². The van der Waals surface area contributed by atoms with Gasteiger partial charge in [-0.05, 0) is 25.9 Å². The molecular weight excluding hydrogens is 200 g/mol. The summed E-state index contributed by atoms with van der Waals surface area (Å²) in [6, 6.07) is 0. The van der Waals surface area contributed by atoms with Crippen LogP contribution in [0.15, 0.2) is 0 Å². The minimum absolute atomic E-state index is 0.391. The Bertz CT molecular complexity index is 157. The molecule has 1 unspecified atom stereocenters. The van der Waals surface area contributed by atoms with Crippen LogP contribution in [0.3, 0.4) is 0 Å². The van der Waals surface area contributed by atoms with Crippen LogP contribution in [0.5, 0.6) is 0 Å². The van der Waals surface area contributed by atoms with E-state index in [-0.39, 0.29) is 0 Å². The molecule has 0 radical (unpaired) electrons. The third-order valence-electron chi connectivity index (χ3n) is 2.07. The van der Waals surface area contributed by atoms with Gasteiger partial charge in [0.25, 0.3) is 0 Å². The van der Waals surface area contributed by atoms with Crippen molar-refractivity contribution in [1.82, 2.24) is 0 Å². The first-order chi connectivity index (χ1) is 6.64. The monoisotopic (exact) mass is 222 g/mol. The smallest absolute Gasteiger partial charge is 0.104 e. The van der Waals surface area contributed by atoms with Gasteiger partial charge < -0.3 is 13.7 Å². The Morgan fingerprint density at radius 2 is 2.14 bits per heavy atom. The quantitative estimate of drug-likeness (QED) is 0.463. The Kier molecular flexibility index (Phi) is 5.23. The van der Waals surface area contributed by atoms with Crippen LogP contribution in [0.1, 0.15) is 13.3 Å². The molecular formula is C10H22O3S. The average Bonchev–Trinajstić information content (AvgIpc) is 2.87. The lowest BCUT2D eigenvalue weighted by molar-refractivity contribution is 0.117. The summed E-state index contributed by atoms with van der Waals surface area (Å²) < 4.78 is 16.2. The number of hydrogen-bond acceptors (Lipinski definition) is 3. The largest absolute Gasteiger partial charge is 0.379 e. The van der Waals surface area contributed by atoms with Gasteiger partial charge in [0, 0.05) is 12.4 Å². The third kappa shape index (κ3) is 5.86. The van der Waals surface area contributed by atoms with E-state index in [9.17, 15) is 0 Å². The van der Waals surface area contributed by atoms with E-state index in [1.54, 1.807) is 0 Å². The van der Waals surface area contributed by atoms with Crippen LogP contribution in [-0.2, 0) is 13.7 Å². The van der Waals surface area contributed by atoms with Crippen molar-refractivity contribution in [3.8, 4) is 0 Å². The fourth-order valence-corrected chi connectivity index (χ4v) is 2.83. The van der Waals surface area contributed by atoms with Gasteiger partial charge in [0.15, 0.2) is 0 Å². The molecule has 1 aliphatic heterocycles. The summed E-state index contributed by atoms with van der Waals surface area (Å²) in [7, 11) is -0.828. The van der Waals surface area contributed by atoms with Gasteiger partial charge in [0.05, 0.1) is 19.8 Å². The molecule has 1 rings (SSSR count). The van der Waals surface area contributed by atoms with E-state index in [1.165, 1.54) is 0 Å². The van der Waals surface area contributed by atoms with Crippen LogP contribution in [0.4, 0.5) is 0 Å². The van der Waals surface area contributed by atoms with Crippen LogP contribution in [-0.4, -0.2) is 50.8 Å². The molecule has 0 saturated carbocycles. The summed E-state index contributed by atoms with van der Waals surface area (Å²) >= 11 is 0. The first kappa shape index (κ1) is 12.3. The van der Waals surface area contributed by atoms with Crippen LogP contribution >= 0.6 is 10.3 Å². The maximum Gasteiger partial charge on any atom is 0.104 e. The summed E-state index contributed by atoms with van der Waals surface area (Å²) in [5.74, 6) is 1.13. The second-order valence-electron chi connectivity index (χ2n) is 3.93. The molecule has 0 spiro atoms. The standard InChI is InChI=1S/C10H22O3S/c1-4-13-14(2,3)7-5-6-11-8-10-9-12-10/h10H,4-9H2,1-3H3. The Balaban J connectivity index is 1.90. The number of epoxide rings is 1. The van der Waals surface area contributed by atoms with Crippen molar-refractivity contribution in [2.45, 2.75) is 19.4 Å². The normalized spacial score (nSPS) is 22.4. The second-order valence-corrected chi connectivity index (χ2v) is 7.45. The molecule has 1 atom stereocenters. The zero-order valence-electron chi connectivity index (χ0n) is 9.45. The topological polar surface area (TPSA) is 31.0 Å². The van der Waals surface area contributed by atoms with E-state index in [1.807, 2.05) is 0 Å².